The van der Waals surface area contributed by atoms with E-state index in [-0.39, 0.29) is 18.3 Å². The molecular formula is C12H16ClN5O. The largest absolute Gasteiger partial charge is 0.330 e. The number of nitrogens with two attached hydrogens (primary N) is 1. The second kappa shape index (κ2) is 7.50. The maximum atomic E-state index is 11.5. The lowest BCUT2D eigenvalue weighted by Gasteiger charge is -2.06. The van der Waals surface area contributed by atoms with Gasteiger partial charge in [-0.2, -0.15) is 0 Å². The normalized spacial score (nSPS) is 9.74. The molecule has 2 aromatic rings. The molecule has 0 saturated carbocycles. The molecule has 1 heterocycles. The van der Waals surface area contributed by atoms with Gasteiger partial charge in [0.2, 0.25) is 5.91 Å². The number of hydrogen-bond acceptors (Lipinski definition) is 4. The molecule has 0 aliphatic rings. The highest BCUT2D eigenvalue weighted by Gasteiger charge is 2.02. The van der Waals surface area contributed by atoms with E-state index in [4.69, 9.17) is 5.73 Å². The van der Waals surface area contributed by atoms with E-state index >= 15 is 0 Å². The highest BCUT2D eigenvalue weighted by atomic mass is 35.5. The topological polar surface area (TPSA) is 85.8 Å². The Balaban J connectivity index is 0.00000180. The molecule has 3 N–H and O–H groups in total. The smallest absolute Gasteiger partial charge is 0.224 e. The minimum atomic E-state index is -0.0195. The van der Waals surface area contributed by atoms with Gasteiger partial charge in [0.25, 0.3) is 0 Å². The number of amides is 1. The summed E-state index contributed by atoms with van der Waals surface area (Å²) < 4.78 is 1.65. The van der Waals surface area contributed by atoms with Crippen LogP contribution < -0.4 is 11.1 Å². The third kappa shape index (κ3) is 4.35. The summed E-state index contributed by atoms with van der Waals surface area (Å²) in [7, 11) is 0. The first-order valence-corrected chi connectivity index (χ1v) is 5.76. The van der Waals surface area contributed by atoms with Crippen molar-refractivity contribution in [3.8, 4) is 5.69 Å². The number of halogens is 1. The molecular weight excluding hydrogens is 266 g/mol. The number of rotatable bonds is 5. The maximum absolute atomic E-state index is 11.5. The van der Waals surface area contributed by atoms with Crippen LogP contribution in [0, 0.1) is 0 Å². The molecule has 7 heteroatoms. The Morgan fingerprint density at radius 3 is 2.63 bits per heavy atom. The lowest BCUT2D eigenvalue weighted by Crippen LogP contribution is -2.13. The minimum absolute atomic E-state index is 0. The molecule has 0 fully saturated rings. The maximum Gasteiger partial charge on any atom is 0.224 e. The zero-order chi connectivity index (χ0) is 12.8. The predicted octanol–water partition coefficient (Wildman–Crippen LogP) is 1.37. The van der Waals surface area contributed by atoms with Gasteiger partial charge in [0, 0.05) is 12.1 Å². The molecule has 0 aliphatic carbocycles. The number of aromatic nitrogens is 3. The molecule has 1 amide bonds. The average Bonchev–Trinajstić information content (AvgIpc) is 2.91. The number of anilines is 1. The highest BCUT2D eigenvalue weighted by Crippen LogP contribution is 2.12. The van der Waals surface area contributed by atoms with Crippen LogP contribution in [0.3, 0.4) is 0 Å². The summed E-state index contributed by atoms with van der Waals surface area (Å²) in [6, 6.07) is 7.40. The van der Waals surface area contributed by atoms with Gasteiger partial charge in [0.05, 0.1) is 18.1 Å². The molecule has 6 nitrogen and oxygen atoms in total. The summed E-state index contributed by atoms with van der Waals surface area (Å²) in [6.07, 6.45) is 4.52. The summed E-state index contributed by atoms with van der Waals surface area (Å²) in [5.41, 5.74) is 7.01. The van der Waals surface area contributed by atoms with Crippen LogP contribution in [-0.4, -0.2) is 27.4 Å². The first-order chi connectivity index (χ1) is 8.79. The third-order valence-electron chi connectivity index (χ3n) is 2.45. The van der Waals surface area contributed by atoms with Crippen LogP contribution in [0.15, 0.2) is 36.7 Å². The van der Waals surface area contributed by atoms with Crippen LogP contribution in [-0.2, 0) is 4.79 Å². The van der Waals surface area contributed by atoms with E-state index in [0.29, 0.717) is 19.4 Å². The van der Waals surface area contributed by atoms with Gasteiger partial charge in [-0.15, -0.1) is 17.5 Å². The molecule has 0 aliphatic heterocycles. The molecule has 0 spiro atoms. The quantitative estimate of drug-likeness (QED) is 0.867. The second-order valence-electron chi connectivity index (χ2n) is 3.83. The molecule has 0 unspecified atom stereocenters. The van der Waals surface area contributed by atoms with Gasteiger partial charge in [0.15, 0.2) is 0 Å². The number of carbonyl (C=O) groups excluding carboxylic acids is 1. The summed E-state index contributed by atoms with van der Waals surface area (Å²) in [6.45, 7) is 0.526. The molecule has 2 rings (SSSR count). The van der Waals surface area contributed by atoms with E-state index in [1.807, 2.05) is 24.3 Å². The van der Waals surface area contributed by atoms with Crippen molar-refractivity contribution in [2.24, 2.45) is 5.73 Å². The van der Waals surface area contributed by atoms with E-state index < -0.39 is 0 Å². The number of nitrogens with zero attached hydrogens (tertiary/aromatic N) is 3. The van der Waals surface area contributed by atoms with Crippen LogP contribution >= 0.6 is 12.4 Å². The van der Waals surface area contributed by atoms with Crippen molar-refractivity contribution >= 4 is 24.0 Å². The van der Waals surface area contributed by atoms with E-state index in [1.165, 1.54) is 0 Å². The fraction of sp³-hybridized carbons (Fsp3) is 0.250. The lowest BCUT2D eigenvalue weighted by atomic mass is 10.2. The van der Waals surface area contributed by atoms with E-state index in [0.717, 1.165) is 11.4 Å². The van der Waals surface area contributed by atoms with Gasteiger partial charge in [-0.05, 0) is 37.2 Å². The summed E-state index contributed by atoms with van der Waals surface area (Å²) >= 11 is 0. The number of carbonyl (C=O) groups is 1. The molecule has 102 valence electrons. The Kier molecular flexibility index (Phi) is 5.98. The Hall–Kier alpha value is -1.92. The first kappa shape index (κ1) is 15.1. The van der Waals surface area contributed by atoms with Gasteiger partial charge in [0.1, 0.15) is 0 Å². The van der Waals surface area contributed by atoms with Gasteiger partial charge < -0.3 is 11.1 Å². The SMILES string of the molecule is Cl.NCCCC(=O)Nc1ccc(-n2ccnn2)cc1. The van der Waals surface area contributed by atoms with Crippen molar-refractivity contribution in [3.05, 3.63) is 36.7 Å². The van der Waals surface area contributed by atoms with Gasteiger partial charge >= 0.3 is 0 Å². The van der Waals surface area contributed by atoms with E-state index in [2.05, 4.69) is 15.6 Å². The average molecular weight is 282 g/mol. The number of benzene rings is 1. The third-order valence-corrected chi connectivity index (χ3v) is 2.45. The highest BCUT2D eigenvalue weighted by molar-refractivity contribution is 5.90. The standard InChI is InChI=1S/C12H15N5O.ClH/c13-7-1-2-12(18)15-10-3-5-11(6-4-10)17-9-8-14-16-17;/h3-6,8-9H,1-2,7,13H2,(H,15,18);1H. The Labute approximate surface area is 117 Å². The van der Waals surface area contributed by atoms with Crippen LogP contribution in [0.5, 0.6) is 0 Å². The van der Waals surface area contributed by atoms with Crippen molar-refractivity contribution in [1.82, 2.24) is 15.0 Å². The molecule has 1 aromatic heterocycles. The summed E-state index contributed by atoms with van der Waals surface area (Å²) in [4.78, 5) is 11.5. The van der Waals surface area contributed by atoms with Crippen LogP contribution in [0.1, 0.15) is 12.8 Å². The van der Waals surface area contributed by atoms with Crippen molar-refractivity contribution in [2.75, 3.05) is 11.9 Å². The number of hydrogen-bond donors (Lipinski definition) is 2. The predicted molar refractivity (Wildman–Crippen MR) is 75.5 cm³/mol. The minimum Gasteiger partial charge on any atom is -0.330 e. The van der Waals surface area contributed by atoms with Crippen LogP contribution in [0.4, 0.5) is 5.69 Å². The molecule has 0 atom stereocenters. The van der Waals surface area contributed by atoms with Crippen molar-refractivity contribution in [1.29, 1.82) is 0 Å². The second-order valence-corrected chi connectivity index (χ2v) is 3.83. The van der Waals surface area contributed by atoms with Crippen molar-refractivity contribution < 1.29 is 4.79 Å². The van der Waals surface area contributed by atoms with Gasteiger partial charge in [-0.1, -0.05) is 5.21 Å². The lowest BCUT2D eigenvalue weighted by molar-refractivity contribution is -0.116. The first-order valence-electron chi connectivity index (χ1n) is 5.76. The fourth-order valence-electron chi connectivity index (χ4n) is 1.53. The van der Waals surface area contributed by atoms with Crippen LogP contribution in [0.2, 0.25) is 0 Å². The molecule has 0 bridgehead atoms. The van der Waals surface area contributed by atoms with Gasteiger partial charge in [-0.3, -0.25) is 4.79 Å². The number of nitrogens with one attached hydrogen (secondary N) is 1. The Bertz CT molecular complexity index is 497. The van der Waals surface area contributed by atoms with Gasteiger partial charge in [-0.25, -0.2) is 4.68 Å². The van der Waals surface area contributed by atoms with Crippen molar-refractivity contribution in [3.63, 3.8) is 0 Å². The monoisotopic (exact) mass is 281 g/mol. The molecule has 0 radical (unpaired) electrons. The van der Waals surface area contributed by atoms with Crippen molar-refractivity contribution in [2.45, 2.75) is 12.8 Å². The van der Waals surface area contributed by atoms with Crippen LogP contribution in [0.25, 0.3) is 5.69 Å². The molecule has 19 heavy (non-hydrogen) atoms. The zero-order valence-corrected chi connectivity index (χ0v) is 11.1. The Morgan fingerprint density at radius 2 is 2.05 bits per heavy atom. The molecule has 0 saturated heterocycles. The Morgan fingerprint density at radius 1 is 1.32 bits per heavy atom. The summed E-state index contributed by atoms with van der Waals surface area (Å²) in [5.74, 6) is -0.0195. The summed E-state index contributed by atoms with van der Waals surface area (Å²) in [5, 5.41) is 10.4. The molecule has 1 aromatic carbocycles. The zero-order valence-electron chi connectivity index (χ0n) is 10.3. The fourth-order valence-corrected chi connectivity index (χ4v) is 1.53. The van der Waals surface area contributed by atoms with E-state index in [9.17, 15) is 4.79 Å². The van der Waals surface area contributed by atoms with E-state index in [1.54, 1.807) is 17.1 Å².